The van der Waals surface area contributed by atoms with E-state index in [0.717, 1.165) is 26.1 Å². The molecule has 0 unspecified atom stereocenters. The molecule has 1 aliphatic rings. The molecule has 26 heavy (non-hydrogen) atoms. The van der Waals surface area contributed by atoms with Crippen molar-refractivity contribution < 1.29 is 4.79 Å². The van der Waals surface area contributed by atoms with Crippen molar-refractivity contribution in [2.24, 2.45) is 7.05 Å². The van der Waals surface area contributed by atoms with Crippen molar-refractivity contribution in [1.29, 1.82) is 0 Å². The fourth-order valence-corrected chi connectivity index (χ4v) is 3.91. The molecule has 0 bridgehead atoms. The second-order valence-electron chi connectivity index (χ2n) is 6.53. The highest BCUT2D eigenvalue weighted by Gasteiger charge is 2.25. The van der Waals surface area contributed by atoms with Gasteiger partial charge in [0.25, 0.3) is 5.91 Å². The van der Waals surface area contributed by atoms with Crippen LogP contribution >= 0.6 is 11.3 Å². The Bertz CT molecular complexity index is 869. The summed E-state index contributed by atoms with van der Waals surface area (Å²) < 4.78 is 3.92. The number of nitrogens with zero attached hydrogens (tertiary/aromatic N) is 6. The number of fused-ring (bicyclic) bond motifs is 1. The quantitative estimate of drug-likeness (QED) is 0.709. The normalized spacial score (nSPS) is 17.2. The van der Waals surface area contributed by atoms with Gasteiger partial charge in [0.15, 0.2) is 0 Å². The molecule has 8 nitrogen and oxygen atoms in total. The Hall–Kier alpha value is -2.52. The van der Waals surface area contributed by atoms with E-state index in [4.69, 9.17) is 0 Å². The molecule has 0 aromatic carbocycles. The van der Waals surface area contributed by atoms with E-state index in [2.05, 4.69) is 42.3 Å². The van der Waals surface area contributed by atoms with Gasteiger partial charge in [-0.15, -0.1) is 11.3 Å². The van der Waals surface area contributed by atoms with Crippen LogP contribution in [-0.4, -0.2) is 48.4 Å². The van der Waals surface area contributed by atoms with E-state index in [1.54, 1.807) is 10.9 Å². The molecule has 3 aromatic rings. The standard InChI is InChI=1S/C17H21N7OS/c1-22-7-13(6-21-22)8-23-9-14(24-15(10-23)3-5-20-24)2-4-18-17(25)16-11-26-12-19-16/h3,5-7,11-12,14H,2,4,8-10H2,1H3,(H,18,25)/t14-/m0/s1. The molecule has 0 saturated heterocycles. The monoisotopic (exact) mass is 371 g/mol. The Labute approximate surface area is 155 Å². The van der Waals surface area contributed by atoms with E-state index in [1.165, 1.54) is 22.6 Å². The topological polar surface area (TPSA) is 80.9 Å². The minimum absolute atomic E-state index is 0.116. The van der Waals surface area contributed by atoms with E-state index in [1.807, 2.05) is 24.1 Å². The van der Waals surface area contributed by atoms with Crippen molar-refractivity contribution in [3.05, 3.63) is 52.5 Å². The summed E-state index contributed by atoms with van der Waals surface area (Å²) in [4.78, 5) is 18.5. The summed E-state index contributed by atoms with van der Waals surface area (Å²) in [6.45, 7) is 3.23. The predicted molar refractivity (Wildman–Crippen MR) is 97.7 cm³/mol. The van der Waals surface area contributed by atoms with Gasteiger partial charge in [-0.25, -0.2) is 4.98 Å². The first-order valence-corrected chi connectivity index (χ1v) is 9.52. The Balaban J connectivity index is 1.37. The van der Waals surface area contributed by atoms with Gasteiger partial charge in [0.2, 0.25) is 0 Å². The van der Waals surface area contributed by atoms with Crippen LogP contribution in [0.3, 0.4) is 0 Å². The molecule has 4 heterocycles. The Morgan fingerprint density at radius 2 is 2.35 bits per heavy atom. The van der Waals surface area contributed by atoms with Crippen LogP contribution in [0, 0.1) is 0 Å². The number of rotatable bonds is 6. The van der Waals surface area contributed by atoms with Crippen LogP contribution in [0.4, 0.5) is 0 Å². The number of hydrogen-bond donors (Lipinski definition) is 1. The highest BCUT2D eigenvalue weighted by atomic mass is 32.1. The number of amides is 1. The van der Waals surface area contributed by atoms with Gasteiger partial charge < -0.3 is 5.32 Å². The molecule has 0 aliphatic carbocycles. The van der Waals surface area contributed by atoms with Crippen LogP contribution < -0.4 is 5.32 Å². The lowest BCUT2D eigenvalue weighted by Gasteiger charge is -2.33. The van der Waals surface area contributed by atoms with Gasteiger partial charge in [-0.3, -0.25) is 19.1 Å². The second kappa shape index (κ2) is 7.38. The average molecular weight is 371 g/mol. The van der Waals surface area contributed by atoms with Crippen molar-refractivity contribution in [3.63, 3.8) is 0 Å². The minimum atomic E-state index is -0.116. The van der Waals surface area contributed by atoms with Crippen LogP contribution in [0.2, 0.25) is 0 Å². The van der Waals surface area contributed by atoms with Gasteiger partial charge in [-0.1, -0.05) is 0 Å². The summed E-state index contributed by atoms with van der Waals surface area (Å²) in [5.41, 5.74) is 4.56. The largest absolute Gasteiger partial charge is 0.351 e. The van der Waals surface area contributed by atoms with Crippen LogP contribution in [0.15, 0.2) is 35.5 Å². The maximum absolute atomic E-state index is 12.0. The van der Waals surface area contributed by atoms with Gasteiger partial charge in [0.1, 0.15) is 5.69 Å². The molecule has 0 spiro atoms. The summed E-state index contributed by atoms with van der Waals surface area (Å²) in [6, 6.07) is 2.30. The first-order valence-electron chi connectivity index (χ1n) is 8.57. The SMILES string of the molecule is Cn1cc(CN2Cc3ccnn3[C@@H](CCNC(=O)c3cscn3)C2)cn1. The molecule has 1 N–H and O–H groups in total. The van der Waals surface area contributed by atoms with E-state index >= 15 is 0 Å². The fourth-order valence-electron chi connectivity index (χ4n) is 3.38. The van der Waals surface area contributed by atoms with Crippen molar-refractivity contribution in [3.8, 4) is 0 Å². The molecular weight excluding hydrogens is 350 g/mol. The molecule has 3 aromatic heterocycles. The highest BCUT2D eigenvalue weighted by molar-refractivity contribution is 7.07. The number of thiazole rings is 1. The Morgan fingerprint density at radius 1 is 1.42 bits per heavy atom. The first-order chi connectivity index (χ1) is 12.7. The third-order valence-electron chi connectivity index (χ3n) is 4.55. The molecule has 0 saturated carbocycles. The summed E-state index contributed by atoms with van der Waals surface area (Å²) in [7, 11) is 1.93. The van der Waals surface area contributed by atoms with Gasteiger partial charge in [0, 0.05) is 56.6 Å². The predicted octanol–water partition coefficient (Wildman–Crippen LogP) is 1.45. The van der Waals surface area contributed by atoms with Gasteiger partial charge in [-0.2, -0.15) is 10.2 Å². The molecular formula is C17H21N7OS. The number of hydrogen-bond acceptors (Lipinski definition) is 6. The number of carbonyl (C=O) groups is 1. The number of aryl methyl sites for hydroxylation is 1. The lowest BCUT2D eigenvalue weighted by molar-refractivity contribution is 0.0942. The number of aromatic nitrogens is 5. The lowest BCUT2D eigenvalue weighted by Crippen LogP contribution is -2.38. The molecule has 0 radical (unpaired) electrons. The van der Waals surface area contributed by atoms with Gasteiger partial charge in [-0.05, 0) is 12.5 Å². The Morgan fingerprint density at radius 3 is 3.12 bits per heavy atom. The van der Waals surface area contributed by atoms with Crippen LogP contribution in [-0.2, 0) is 20.1 Å². The van der Waals surface area contributed by atoms with E-state index in [0.29, 0.717) is 12.2 Å². The molecule has 9 heteroatoms. The third kappa shape index (κ3) is 3.68. The lowest BCUT2D eigenvalue weighted by atomic mass is 10.1. The fraction of sp³-hybridized carbons (Fsp3) is 0.412. The van der Waals surface area contributed by atoms with E-state index in [-0.39, 0.29) is 11.9 Å². The minimum Gasteiger partial charge on any atom is -0.351 e. The maximum atomic E-state index is 12.0. The summed E-state index contributed by atoms with van der Waals surface area (Å²) in [5.74, 6) is -0.116. The smallest absolute Gasteiger partial charge is 0.270 e. The maximum Gasteiger partial charge on any atom is 0.270 e. The molecule has 0 fully saturated rings. The third-order valence-corrected chi connectivity index (χ3v) is 5.13. The number of carbonyl (C=O) groups excluding carboxylic acids is 1. The second-order valence-corrected chi connectivity index (χ2v) is 7.25. The molecule has 1 atom stereocenters. The van der Waals surface area contributed by atoms with E-state index in [9.17, 15) is 4.79 Å². The van der Waals surface area contributed by atoms with Gasteiger partial charge >= 0.3 is 0 Å². The van der Waals surface area contributed by atoms with Crippen molar-refractivity contribution in [2.45, 2.75) is 25.6 Å². The van der Waals surface area contributed by atoms with Crippen molar-refractivity contribution in [1.82, 2.24) is 34.8 Å². The van der Waals surface area contributed by atoms with Crippen molar-refractivity contribution >= 4 is 17.2 Å². The summed E-state index contributed by atoms with van der Waals surface area (Å²) >= 11 is 1.42. The Kier molecular flexibility index (Phi) is 4.81. The summed E-state index contributed by atoms with van der Waals surface area (Å²) in [5, 5.41) is 13.4. The zero-order valence-corrected chi connectivity index (χ0v) is 15.4. The number of nitrogens with one attached hydrogen (secondary N) is 1. The van der Waals surface area contributed by atoms with Gasteiger partial charge in [0.05, 0.1) is 23.4 Å². The van der Waals surface area contributed by atoms with Crippen LogP contribution in [0.5, 0.6) is 0 Å². The van der Waals surface area contributed by atoms with E-state index < -0.39 is 0 Å². The first kappa shape index (κ1) is 16.9. The molecule has 4 rings (SSSR count). The zero-order valence-electron chi connectivity index (χ0n) is 14.6. The van der Waals surface area contributed by atoms with Crippen LogP contribution in [0.1, 0.15) is 34.2 Å². The highest BCUT2D eigenvalue weighted by Crippen LogP contribution is 2.24. The average Bonchev–Trinajstić information content (AvgIpc) is 3.36. The van der Waals surface area contributed by atoms with Crippen molar-refractivity contribution in [2.75, 3.05) is 13.1 Å². The molecule has 1 aliphatic heterocycles. The molecule has 136 valence electrons. The van der Waals surface area contributed by atoms with Crippen LogP contribution in [0.25, 0.3) is 0 Å². The zero-order chi connectivity index (χ0) is 17.9. The summed E-state index contributed by atoms with van der Waals surface area (Å²) in [6.07, 6.45) is 6.64. The molecule has 1 amide bonds.